The number of benzene rings is 1. The van der Waals surface area contributed by atoms with Crippen molar-refractivity contribution < 1.29 is 22.7 Å². The standard InChI is InChI=1S/C27H36F3N9O2/c1-6-24(40)36-19-8-7-9-20(16-19)37-25(33-4)21(27(28,29)30)17-34-18-35-22-10-11-23(38-26(22)41-5)39(14-12-31-2)15-13-32-3/h6-11,16-17,31-32,35,37H,1,4,12-15,18H2,2-3,5H3,(H,36,40)/b25-21-,34-17-. The number of methoxy groups -OCH3 is 1. The Morgan fingerprint density at radius 3 is 2.32 bits per heavy atom. The van der Waals surface area contributed by atoms with Crippen LogP contribution in [0.15, 0.2) is 70.4 Å². The fourth-order valence-corrected chi connectivity index (χ4v) is 3.46. The number of nitrogens with zero attached hydrogens (tertiary/aromatic N) is 4. The first-order valence-electron chi connectivity index (χ1n) is 12.6. The molecule has 1 aromatic carbocycles. The van der Waals surface area contributed by atoms with Crippen molar-refractivity contribution >= 4 is 41.7 Å². The van der Waals surface area contributed by atoms with E-state index in [1.807, 2.05) is 14.1 Å². The summed E-state index contributed by atoms with van der Waals surface area (Å²) in [5.41, 5.74) is -0.0703. The molecule has 0 fully saturated rings. The van der Waals surface area contributed by atoms with Crippen LogP contribution in [0.1, 0.15) is 0 Å². The molecule has 0 aliphatic rings. The maximum absolute atomic E-state index is 13.9. The molecule has 0 saturated carbocycles. The van der Waals surface area contributed by atoms with Crippen molar-refractivity contribution in [3.05, 3.63) is 60.4 Å². The molecule has 41 heavy (non-hydrogen) atoms. The van der Waals surface area contributed by atoms with E-state index in [-0.39, 0.29) is 18.2 Å². The molecule has 0 aliphatic heterocycles. The number of anilines is 4. The van der Waals surface area contributed by atoms with Gasteiger partial charge >= 0.3 is 6.18 Å². The summed E-state index contributed by atoms with van der Waals surface area (Å²) in [5, 5.41) is 14.3. The van der Waals surface area contributed by atoms with Crippen molar-refractivity contribution in [3.8, 4) is 5.88 Å². The highest BCUT2D eigenvalue weighted by molar-refractivity contribution is 5.99. The van der Waals surface area contributed by atoms with Gasteiger partial charge in [0.25, 0.3) is 0 Å². The van der Waals surface area contributed by atoms with Crippen LogP contribution in [0.4, 0.5) is 36.1 Å². The Bertz CT molecular complexity index is 1220. The maximum atomic E-state index is 13.9. The van der Waals surface area contributed by atoms with Crippen molar-refractivity contribution in [1.29, 1.82) is 0 Å². The molecule has 0 bridgehead atoms. The molecule has 0 saturated heterocycles. The molecule has 1 heterocycles. The van der Waals surface area contributed by atoms with Gasteiger partial charge in [-0.1, -0.05) is 12.6 Å². The Balaban J connectivity index is 2.21. The van der Waals surface area contributed by atoms with Gasteiger partial charge in [0.15, 0.2) is 0 Å². The highest BCUT2D eigenvalue weighted by Gasteiger charge is 2.35. The minimum atomic E-state index is -4.78. The quantitative estimate of drug-likeness (QED) is 0.143. The summed E-state index contributed by atoms with van der Waals surface area (Å²) in [5.74, 6) is -0.0385. The molecule has 0 spiro atoms. The summed E-state index contributed by atoms with van der Waals surface area (Å²) < 4.78 is 47.1. The molecule has 1 amide bonds. The number of halogens is 3. The molecule has 2 aromatic rings. The van der Waals surface area contributed by atoms with E-state index in [9.17, 15) is 18.0 Å². The monoisotopic (exact) mass is 575 g/mol. The summed E-state index contributed by atoms with van der Waals surface area (Å²) in [6.45, 7) is 9.39. The number of aromatic nitrogens is 1. The molecule has 1 aromatic heterocycles. The molecule has 11 nitrogen and oxygen atoms in total. The number of likely N-dealkylation sites (N-methyl/N-ethyl adjacent to an activating group) is 2. The summed E-state index contributed by atoms with van der Waals surface area (Å²) in [4.78, 5) is 25.6. The van der Waals surface area contributed by atoms with Gasteiger partial charge in [-0.2, -0.15) is 18.2 Å². The molecule has 0 unspecified atom stereocenters. The van der Waals surface area contributed by atoms with E-state index in [1.165, 1.54) is 19.2 Å². The van der Waals surface area contributed by atoms with Crippen molar-refractivity contribution in [1.82, 2.24) is 15.6 Å². The number of allylic oxidation sites excluding steroid dienone is 1. The summed E-state index contributed by atoms with van der Waals surface area (Å²) in [7, 11) is 5.19. The van der Waals surface area contributed by atoms with Crippen LogP contribution in [-0.4, -0.2) is 84.1 Å². The molecule has 5 N–H and O–H groups in total. The lowest BCUT2D eigenvalue weighted by Crippen LogP contribution is -2.36. The Morgan fingerprint density at radius 2 is 1.76 bits per heavy atom. The van der Waals surface area contributed by atoms with Crippen molar-refractivity contribution in [2.24, 2.45) is 9.98 Å². The number of hydrogen-bond donors (Lipinski definition) is 5. The highest BCUT2D eigenvalue weighted by Crippen LogP contribution is 2.29. The lowest BCUT2D eigenvalue weighted by atomic mass is 10.2. The van der Waals surface area contributed by atoms with Crippen LogP contribution in [-0.2, 0) is 4.79 Å². The number of amides is 1. The second kappa shape index (κ2) is 16.6. The second-order valence-corrected chi connectivity index (χ2v) is 8.38. The number of aliphatic imine (C=N–C) groups is 2. The van der Waals surface area contributed by atoms with E-state index in [0.717, 1.165) is 32.3 Å². The van der Waals surface area contributed by atoms with E-state index in [1.54, 1.807) is 24.3 Å². The fourth-order valence-electron chi connectivity index (χ4n) is 3.46. The third-order valence-electron chi connectivity index (χ3n) is 5.50. The zero-order valence-corrected chi connectivity index (χ0v) is 23.3. The molecule has 2 rings (SSSR count). The fraction of sp³-hybridized carbons (Fsp3) is 0.333. The largest absolute Gasteiger partial charge is 0.479 e. The Kier molecular flexibility index (Phi) is 13.3. The SMILES string of the molecule is C=CC(=O)Nc1cccc(N/C(N=C)=C(/C=N\CNc2ccc(N(CCNC)CCNC)nc2OC)C(F)(F)F)c1. The van der Waals surface area contributed by atoms with Gasteiger partial charge in [-0.05, 0) is 57.2 Å². The lowest BCUT2D eigenvalue weighted by molar-refractivity contribution is -0.111. The van der Waals surface area contributed by atoms with Gasteiger partial charge in [0.05, 0.1) is 12.8 Å². The number of nitrogens with one attached hydrogen (secondary N) is 5. The predicted molar refractivity (Wildman–Crippen MR) is 159 cm³/mol. The van der Waals surface area contributed by atoms with Crippen LogP contribution >= 0.6 is 0 Å². The smallest absolute Gasteiger partial charge is 0.421 e. The lowest BCUT2D eigenvalue weighted by Gasteiger charge is -2.24. The maximum Gasteiger partial charge on any atom is 0.421 e. The zero-order valence-electron chi connectivity index (χ0n) is 23.3. The van der Waals surface area contributed by atoms with Crippen LogP contribution in [0.5, 0.6) is 5.88 Å². The van der Waals surface area contributed by atoms with Crippen LogP contribution in [0.25, 0.3) is 0 Å². The average Bonchev–Trinajstić information content (AvgIpc) is 2.95. The van der Waals surface area contributed by atoms with Crippen LogP contribution in [0, 0.1) is 0 Å². The molecule has 222 valence electrons. The molecular weight excluding hydrogens is 539 g/mol. The summed E-state index contributed by atoms with van der Waals surface area (Å²) in [6.07, 6.45) is -3.04. The number of carbonyl (C=O) groups is 1. The zero-order chi connectivity index (χ0) is 30.3. The van der Waals surface area contributed by atoms with Crippen molar-refractivity contribution in [2.75, 3.05) is 74.9 Å². The van der Waals surface area contributed by atoms with Crippen molar-refractivity contribution in [3.63, 3.8) is 0 Å². The van der Waals surface area contributed by atoms with Gasteiger partial charge in [-0.3, -0.25) is 9.79 Å². The van der Waals surface area contributed by atoms with Gasteiger partial charge in [0.1, 0.15) is 23.9 Å². The first-order chi connectivity index (χ1) is 19.7. The third-order valence-corrected chi connectivity index (χ3v) is 5.50. The van der Waals surface area contributed by atoms with Crippen LogP contribution in [0.3, 0.4) is 0 Å². The second-order valence-electron chi connectivity index (χ2n) is 8.38. The van der Waals surface area contributed by atoms with Crippen LogP contribution in [0.2, 0.25) is 0 Å². The van der Waals surface area contributed by atoms with Gasteiger partial charge in [0, 0.05) is 43.8 Å². The number of alkyl halides is 3. The molecular formula is C27H36F3N9O2. The molecule has 0 aliphatic carbocycles. The Morgan fingerprint density at radius 1 is 1.10 bits per heavy atom. The van der Waals surface area contributed by atoms with Crippen molar-refractivity contribution in [2.45, 2.75) is 6.18 Å². The normalized spacial score (nSPS) is 12.0. The van der Waals surface area contributed by atoms with E-state index in [2.05, 4.69) is 59.7 Å². The molecule has 0 radical (unpaired) electrons. The Hall–Kier alpha value is -4.43. The number of rotatable bonds is 17. The summed E-state index contributed by atoms with van der Waals surface area (Å²) in [6, 6.07) is 9.63. The number of pyridine rings is 1. The van der Waals surface area contributed by atoms with E-state index in [0.29, 0.717) is 23.4 Å². The molecule has 14 heteroatoms. The molecule has 0 atom stereocenters. The minimum Gasteiger partial charge on any atom is -0.479 e. The average molecular weight is 576 g/mol. The Labute approximate surface area is 237 Å². The van der Waals surface area contributed by atoms with Gasteiger partial charge in [-0.15, -0.1) is 0 Å². The van der Waals surface area contributed by atoms with E-state index < -0.39 is 23.5 Å². The number of carbonyl (C=O) groups excluding carboxylic acids is 1. The van der Waals surface area contributed by atoms with Gasteiger partial charge < -0.3 is 36.2 Å². The predicted octanol–water partition coefficient (Wildman–Crippen LogP) is 3.49. The van der Waals surface area contributed by atoms with Crippen LogP contribution < -0.4 is 36.2 Å². The third kappa shape index (κ3) is 10.6. The number of hydrogen-bond acceptors (Lipinski definition) is 10. The van der Waals surface area contributed by atoms with Gasteiger partial charge in [-0.25, -0.2) is 4.99 Å². The minimum absolute atomic E-state index is 0.201. The number of ether oxygens (including phenoxy) is 1. The van der Waals surface area contributed by atoms with E-state index in [4.69, 9.17) is 4.74 Å². The van der Waals surface area contributed by atoms with E-state index >= 15 is 0 Å². The first kappa shape index (κ1) is 32.8. The highest BCUT2D eigenvalue weighted by atomic mass is 19.4. The van der Waals surface area contributed by atoms with Gasteiger partial charge in [0.2, 0.25) is 11.8 Å². The topological polar surface area (TPSA) is 127 Å². The first-order valence-corrected chi connectivity index (χ1v) is 12.6. The summed E-state index contributed by atoms with van der Waals surface area (Å²) >= 11 is 0.